The summed E-state index contributed by atoms with van der Waals surface area (Å²) in [7, 11) is 0. The monoisotopic (exact) mass is 500 g/mol. The SMILES string of the molecule is O=C(O)CC[C@H](NC(=O)c1ccc(-c2ccccc2)cc1)C(=O)NCc1ccc(OC(F)(F)F)cc1. The number of carboxylic acids is 1. The van der Waals surface area contributed by atoms with Crippen LogP contribution >= 0.6 is 0 Å². The van der Waals surface area contributed by atoms with Crippen molar-refractivity contribution in [1.29, 1.82) is 0 Å². The highest BCUT2D eigenvalue weighted by Crippen LogP contribution is 2.23. The summed E-state index contributed by atoms with van der Waals surface area (Å²) in [5.41, 5.74) is 2.65. The third kappa shape index (κ3) is 8.15. The average Bonchev–Trinajstić information content (AvgIpc) is 2.85. The highest BCUT2D eigenvalue weighted by molar-refractivity contribution is 5.98. The quantitative estimate of drug-likeness (QED) is 0.379. The molecule has 0 aliphatic carbocycles. The molecule has 1 atom stereocenters. The van der Waals surface area contributed by atoms with Crippen molar-refractivity contribution in [2.45, 2.75) is 31.8 Å². The highest BCUT2D eigenvalue weighted by atomic mass is 19.4. The smallest absolute Gasteiger partial charge is 0.481 e. The summed E-state index contributed by atoms with van der Waals surface area (Å²) in [4.78, 5) is 36.5. The van der Waals surface area contributed by atoms with Gasteiger partial charge in [-0.25, -0.2) is 0 Å². The Morgan fingerprint density at radius 1 is 0.861 bits per heavy atom. The van der Waals surface area contributed by atoms with E-state index >= 15 is 0 Å². The number of rotatable bonds is 10. The summed E-state index contributed by atoms with van der Waals surface area (Å²) in [5, 5.41) is 14.1. The number of carbonyl (C=O) groups is 3. The number of benzene rings is 3. The van der Waals surface area contributed by atoms with Gasteiger partial charge in [0.2, 0.25) is 5.91 Å². The number of carbonyl (C=O) groups excluding carboxylic acids is 2. The van der Waals surface area contributed by atoms with Gasteiger partial charge in [0.05, 0.1) is 0 Å². The van der Waals surface area contributed by atoms with Crippen molar-refractivity contribution < 1.29 is 37.4 Å². The molecule has 3 aromatic carbocycles. The maximum atomic E-state index is 12.7. The van der Waals surface area contributed by atoms with Crippen LogP contribution in [0, 0.1) is 0 Å². The first-order chi connectivity index (χ1) is 17.1. The van der Waals surface area contributed by atoms with Crippen molar-refractivity contribution in [3.05, 3.63) is 90.0 Å². The fourth-order valence-electron chi connectivity index (χ4n) is 3.34. The van der Waals surface area contributed by atoms with Crippen molar-refractivity contribution >= 4 is 17.8 Å². The fraction of sp³-hybridized carbons (Fsp3) is 0.192. The molecule has 0 fully saturated rings. The number of ether oxygens (including phenoxy) is 1. The predicted octanol–water partition coefficient (Wildman–Crippen LogP) is 4.53. The molecule has 3 aromatic rings. The Labute approximate surface area is 204 Å². The zero-order valence-electron chi connectivity index (χ0n) is 18.9. The maximum Gasteiger partial charge on any atom is 0.573 e. The zero-order valence-corrected chi connectivity index (χ0v) is 18.9. The second-order valence-corrected chi connectivity index (χ2v) is 7.81. The molecule has 7 nitrogen and oxygen atoms in total. The first-order valence-corrected chi connectivity index (χ1v) is 10.9. The van der Waals surface area contributed by atoms with E-state index in [4.69, 9.17) is 5.11 Å². The standard InChI is InChI=1S/C26H23F3N2O5/c27-26(28,29)36-21-12-6-17(7-13-21)16-30-25(35)22(14-15-23(32)33)31-24(34)20-10-8-19(9-11-20)18-4-2-1-3-5-18/h1-13,22H,14-16H2,(H,30,35)(H,31,34)(H,32,33)/t22-/m0/s1. The Balaban J connectivity index is 1.62. The maximum absolute atomic E-state index is 12.7. The van der Waals surface area contributed by atoms with E-state index in [1.54, 1.807) is 24.3 Å². The van der Waals surface area contributed by atoms with Crippen molar-refractivity contribution in [3.8, 4) is 16.9 Å². The van der Waals surface area contributed by atoms with Crippen LogP contribution in [-0.4, -0.2) is 35.3 Å². The number of hydrogen-bond donors (Lipinski definition) is 3. The Kier molecular flexibility index (Phi) is 8.66. The van der Waals surface area contributed by atoms with E-state index in [1.807, 2.05) is 30.3 Å². The third-order valence-corrected chi connectivity index (χ3v) is 5.15. The van der Waals surface area contributed by atoms with Crippen molar-refractivity contribution in [1.82, 2.24) is 10.6 Å². The largest absolute Gasteiger partial charge is 0.573 e. The minimum atomic E-state index is -4.81. The first-order valence-electron chi connectivity index (χ1n) is 10.9. The summed E-state index contributed by atoms with van der Waals surface area (Å²) < 4.78 is 40.7. The highest BCUT2D eigenvalue weighted by Gasteiger charge is 2.31. The summed E-state index contributed by atoms with van der Waals surface area (Å²) in [5.74, 6) is -2.70. The molecule has 10 heteroatoms. The number of alkyl halides is 3. The minimum Gasteiger partial charge on any atom is -0.481 e. The minimum absolute atomic E-state index is 0.0453. The third-order valence-electron chi connectivity index (χ3n) is 5.15. The topological polar surface area (TPSA) is 105 Å². The van der Waals surface area contributed by atoms with Gasteiger partial charge < -0.3 is 20.5 Å². The molecule has 2 amide bonds. The number of hydrogen-bond acceptors (Lipinski definition) is 4. The molecule has 0 bridgehead atoms. The van der Waals surface area contributed by atoms with E-state index in [9.17, 15) is 27.6 Å². The summed E-state index contributed by atoms with van der Waals surface area (Å²) >= 11 is 0. The summed E-state index contributed by atoms with van der Waals surface area (Å²) in [6.45, 7) is -0.0453. The molecule has 188 valence electrons. The molecular formula is C26H23F3N2O5. The first kappa shape index (κ1) is 26.3. The Bertz CT molecular complexity index is 1180. The molecule has 0 aliphatic heterocycles. The summed E-state index contributed by atoms with van der Waals surface area (Å²) in [6.07, 6.45) is -5.31. The Morgan fingerprint density at radius 2 is 1.47 bits per heavy atom. The van der Waals surface area contributed by atoms with Gasteiger partial charge in [-0.15, -0.1) is 13.2 Å². The van der Waals surface area contributed by atoms with Crippen LogP contribution in [0.25, 0.3) is 11.1 Å². The van der Waals surface area contributed by atoms with E-state index in [2.05, 4.69) is 15.4 Å². The Morgan fingerprint density at radius 3 is 2.06 bits per heavy atom. The normalized spacial score (nSPS) is 11.9. The number of nitrogens with one attached hydrogen (secondary N) is 2. The van der Waals surface area contributed by atoms with Gasteiger partial charge in [0.25, 0.3) is 5.91 Å². The molecule has 0 aromatic heterocycles. The van der Waals surface area contributed by atoms with E-state index in [0.717, 1.165) is 23.3 Å². The van der Waals surface area contributed by atoms with Crippen LogP contribution < -0.4 is 15.4 Å². The van der Waals surface area contributed by atoms with Crippen molar-refractivity contribution in [2.75, 3.05) is 0 Å². The number of amides is 2. The second-order valence-electron chi connectivity index (χ2n) is 7.81. The molecule has 0 unspecified atom stereocenters. The molecule has 36 heavy (non-hydrogen) atoms. The van der Waals surface area contributed by atoms with E-state index < -0.39 is 35.9 Å². The number of halogens is 3. The van der Waals surface area contributed by atoms with E-state index in [0.29, 0.717) is 11.1 Å². The molecule has 0 radical (unpaired) electrons. The van der Waals surface area contributed by atoms with Gasteiger partial charge in [-0.2, -0.15) is 0 Å². The van der Waals surface area contributed by atoms with Gasteiger partial charge >= 0.3 is 12.3 Å². The van der Waals surface area contributed by atoms with Crippen LogP contribution in [0.5, 0.6) is 5.75 Å². The molecule has 0 saturated carbocycles. The lowest BCUT2D eigenvalue weighted by Crippen LogP contribution is -2.46. The van der Waals surface area contributed by atoms with Crippen LogP contribution in [0.2, 0.25) is 0 Å². The fourth-order valence-corrected chi connectivity index (χ4v) is 3.34. The number of carboxylic acid groups (broad SMARTS) is 1. The van der Waals surface area contributed by atoms with Gasteiger partial charge in [-0.05, 0) is 47.4 Å². The van der Waals surface area contributed by atoms with Gasteiger partial charge in [-0.3, -0.25) is 14.4 Å². The lowest BCUT2D eigenvalue weighted by Gasteiger charge is -2.18. The van der Waals surface area contributed by atoms with Gasteiger partial charge in [0.15, 0.2) is 0 Å². The van der Waals surface area contributed by atoms with Crippen molar-refractivity contribution in [3.63, 3.8) is 0 Å². The van der Waals surface area contributed by atoms with Gasteiger partial charge in [0.1, 0.15) is 11.8 Å². The van der Waals surface area contributed by atoms with Crippen molar-refractivity contribution in [2.24, 2.45) is 0 Å². The zero-order chi connectivity index (χ0) is 26.1. The molecule has 0 heterocycles. The molecule has 0 aliphatic rings. The Hall–Kier alpha value is -4.34. The van der Waals surface area contributed by atoms with Crippen LogP contribution in [0.3, 0.4) is 0 Å². The number of aliphatic carboxylic acids is 1. The molecule has 0 spiro atoms. The molecular weight excluding hydrogens is 477 g/mol. The molecule has 0 saturated heterocycles. The van der Waals surface area contributed by atoms with Crippen LogP contribution in [0.4, 0.5) is 13.2 Å². The molecule has 3 N–H and O–H groups in total. The molecule has 3 rings (SSSR count). The second kappa shape index (κ2) is 11.9. The predicted molar refractivity (Wildman–Crippen MR) is 125 cm³/mol. The lowest BCUT2D eigenvalue weighted by molar-refractivity contribution is -0.274. The van der Waals surface area contributed by atoms with E-state index in [1.165, 1.54) is 12.1 Å². The van der Waals surface area contributed by atoms with Gasteiger partial charge in [-0.1, -0.05) is 54.6 Å². The van der Waals surface area contributed by atoms with E-state index in [-0.39, 0.29) is 19.4 Å². The lowest BCUT2D eigenvalue weighted by atomic mass is 10.0. The van der Waals surface area contributed by atoms with Crippen LogP contribution in [0.1, 0.15) is 28.8 Å². The summed E-state index contributed by atoms with van der Waals surface area (Å²) in [6, 6.07) is 20.1. The van der Waals surface area contributed by atoms with Crippen LogP contribution in [-0.2, 0) is 16.1 Å². The van der Waals surface area contributed by atoms with Gasteiger partial charge in [0, 0.05) is 18.5 Å². The van der Waals surface area contributed by atoms with Crippen LogP contribution in [0.15, 0.2) is 78.9 Å². The average molecular weight is 500 g/mol.